The molecule has 0 aromatic heterocycles. The molecule has 5 atom stereocenters. The zero-order valence-electron chi connectivity index (χ0n) is 17.9. The second kappa shape index (κ2) is 7.67. The third-order valence-corrected chi connectivity index (χ3v) is 6.45. The zero-order chi connectivity index (χ0) is 23.7. The molecule has 3 heterocycles. The number of ether oxygens (including phenoxy) is 4. The summed E-state index contributed by atoms with van der Waals surface area (Å²) in [6.45, 7) is -0.610. The smallest absolute Gasteiger partial charge is 0.283 e. The van der Waals surface area contributed by atoms with E-state index in [-0.39, 0.29) is 6.79 Å². The number of amides is 1. The number of hydrogen-bond acceptors (Lipinski definition) is 10. The number of nitrogens with zero attached hydrogens (tertiary/aromatic N) is 1. The number of aliphatic hydroxyl groups is 4. The fourth-order valence-electron chi connectivity index (χ4n) is 4.77. The Morgan fingerprint density at radius 1 is 1.06 bits per heavy atom. The number of benzene rings is 3. The Bertz CT molecular complexity index is 1320. The highest BCUT2D eigenvalue weighted by atomic mass is 16.8. The summed E-state index contributed by atoms with van der Waals surface area (Å²) in [5.41, 5.74) is 0.644. The maximum absolute atomic E-state index is 13.5. The predicted octanol–water partition coefficient (Wildman–Crippen LogP) is 0.422. The summed E-state index contributed by atoms with van der Waals surface area (Å²) in [6.07, 6.45) is -7.63. The standard InChI is InChI=1S/C23H21NO10/c1-30-13-4-2-3-9-10(13)5-12-16-11(6-14-21(17(9)16)32-8-31-14)22(29)24(12)34-23-20(28)19(27)18(26)15(7-25)33-23/h2-6,15,18-20,23,25-28H,7-8H2,1H3/t15-,18-,19+,20-,23+/m1/s1. The van der Waals surface area contributed by atoms with Gasteiger partial charge in [-0.3, -0.25) is 4.79 Å². The van der Waals surface area contributed by atoms with Crippen LogP contribution in [0.25, 0.3) is 21.5 Å². The van der Waals surface area contributed by atoms with Gasteiger partial charge in [0, 0.05) is 16.2 Å². The van der Waals surface area contributed by atoms with Gasteiger partial charge in [-0.2, -0.15) is 5.06 Å². The quantitative estimate of drug-likeness (QED) is 0.395. The lowest BCUT2D eigenvalue weighted by atomic mass is 9.97. The Kier molecular flexibility index (Phi) is 4.81. The van der Waals surface area contributed by atoms with Crippen LogP contribution in [0.4, 0.5) is 5.69 Å². The van der Waals surface area contributed by atoms with Crippen molar-refractivity contribution < 1.29 is 49.0 Å². The summed E-state index contributed by atoms with van der Waals surface area (Å²) < 4.78 is 22.3. The Labute approximate surface area is 192 Å². The molecule has 1 fully saturated rings. The van der Waals surface area contributed by atoms with Crippen LogP contribution in [0.3, 0.4) is 0 Å². The molecule has 0 radical (unpaired) electrons. The molecule has 3 aromatic rings. The monoisotopic (exact) mass is 471 g/mol. The van der Waals surface area contributed by atoms with E-state index >= 15 is 0 Å². The molecule has 3 aromatic carbocycles. The van der Waals surface area contributed by atoms with Crippen molar-refractivity contribution >= 4 is 33.1 Å². The number of methoxy groups -OCH3 is 1. The van der Waals surface area contributed by atoms with Crippen molar-refractivity contribution in [2.24, 2.45) is 0 Å². The van der Waals surface area contributed by atoms with Crippen molar-refractivity contribution in [1.29, 1.82) is 0 Å². The van der Waals surface area contributed by atoms with Gasteiger partial charge in [0.2, 0.25) is 13.1 Å². The Morgan fingerprint density at radius 3 is 2.65 bits per heavy atom. The zero-order valence-corrected chi connectivity index (χ0v) is 17.9. The lowest BCUT2D eigenvalue weighted by molar-refractivity contribution is -0.301. The van der Waals surface area contributed by atoms with Gasteiger partial charge in [0.15, 0.2) is 11.5 Å². The molecule has 0 bridgehead atoms. The highest BCUT2D eigenvalue weighted by Gasteiger charge is 2.47. The number of hydroxylamine groups is 1. The highest BCUT2D eigenvalue weighted by Crippen LogP contribution is 2.52. The molecule has 178 valence electrons. The molecular formula is C23H21NO10. The van der Waals surface area contributed by atoms with E-state index in [9.17, 15) is 25.2 Å². The summed E-state index contributed by atoms with van der Waals surface area (Å²) in [6, 6.07) is 8.78. The maximum Gasteiger partial charge on any atom is 0.283 e. The first kappa shape index (κ1) is 21.4. The first-order chi connectivity index (χ1) is 16.4. The molecular weight excluding hydrogens is 450 g/mol. The minimum absolute atomic E-state index is 0.0167. The molecule has 0 spiro atoms. The average molecular weight is 471 g/mol. The van der Waals surface area contributed by atoms with Gasteiger partial charge in [-0.25, -0.2) is 4.84 Å². The number of carbonyl (C=O) groups is 1. The van der Waals surface area contributed by atoms with Crippen LogP contribution in [0.15, 0.2) is 30.3 Å². The normalized spacial score (nSPS) is 27.7. The van der Waals surface area contributed by atoms with Gasteiger partial charge in [-0.15, -0.1) is 0 Å². The van der Waals surface area contributed by atoms with E-state index in [1.54, 1.807) is 18.2 Å². The fraction of sp³-hybridized carbons (Fsp3) is 0.348. The summed E-state index contributed by atoms with van der Waals surface area (Å²) in [4.78, 5) is 19.2. The van der Waals surface area contributed by atoms with Crippen LogP contribution in [0.5, 0.6) is 17.2 Å². The van der Waals surface area contributed by atoms with Crippen molar-refractivity contribution in [3.8, 4) is 17.2 Å². The van der Waals surface area contributed by atoms with Crippen LogP contribution in [0.2, 0.25) is 0 Å². The molecule has 1 saturated heterocycles. The van der Waals surface area contributed by atoms with E-state index in [1.807, 2.05) is 12.1 Å². The second-order valence-corrected chi connectivity index (χ2v) is 8.26. The van der Waals surface area contributed by atoms with Gasteiger partial charge in [0.05, 0.1) is 25.0 Å². The van der Waals surface area contributed by atoms with E-state index in [1.165, 1.54) is 7.11 Å². The van der Waals surface area contributed by atoms with Crippen molar-refractivity contribution in [3.05, 3.63) is 35.9 Å². The van der Waals surface area contributed by atoms with E-state index in [0.29, 0.717) is 44.7 Å². The molecule has 3 aliphatic rings. The molecule has 6 rings (SSSR count). The van der Waals surface area contributed by atoms with E-state index in [2.05, 4.69) is 0 Å². The molecule has 11 heteroatoms. The first-order valence-corrected chi connectivity index (χ1v) is 10.6. The largest absolute Gasteiger partial charge is 0.496 e. The minimum atomic E-state index is -1.68. The van der Waals surface area contributed by atoms with Crippen LogP contribution >= 0.6 is 0 Å². The molecule has 0 unspecified atom stereocenters. The lowest BCUT2D eigenvalue weighted by Gasteiger charge is -2.40. The lowest BCUT2D eigenvalue weighted by Crippen LogP contribution is -2.60. The van der Waals surface area contributed by atoms with Gasteiger partial charge in [-0.05, 0) is 23.6 Å². The molecule has 4 N–H and O–H groups in total. The van der Waals surface area contributed by atoms with Crippen LogP contribution in [0, 0.1) is 0 Å². The number of aliphatic hydroxyl groups excluding tert-OH is 4. The van der Waals surface area contributed by atoms with Crippen LogP contribution in [-0.4, -0.2) is 77.5 Å². The molecule has 1 amide bonds. The first-order valence-electron chi connectivity index (χ1n) is 10.6. The van der Waals surface area contributed by atoms with E-state index in [4.69, 9.17) is 23.8 Å². The molecule has 34 heavy (non-hydrogen) atoms. The summed E-state index contributed by atoms with van der Waals surface area (Å²) in [5.74, 6) is 0.901. The number of carbonyl (C=O) groups excluding carboxylic acids is 1. The summed E-state index contributed by atoms with van der Waals surface area (Å²) in [7, 11) is 1.53. The minimum Gasteiger partial charge on any atom is -0.496 e. The Morgan fingerprint density at radius 2 is 1.88 bits per heavy atom. The van der Waals surface area contributed by atoms with Gasteiger partial charge in [0.25, 0.3) is 5.91 Å². The van der Waals surface area contributed by atoms with Crippen LogP contribution in [0.1, 0.15) is 10.4 Å². The van der Waals surface area contributed by atoms with Gasteiger partial charge < -0.3 is 39.4 Å². The molecule has 0 saturated carbocycles. The number of anilines is 1. The van der Waals surface area contributed by atoms with Crippen LogP contribution in [-0.2, 0) is 9.57 Å². The molecule has 3 aliphatic heterocycles. The van der Waals surface area contributed by atoms with E-state index in [0.717, 1.165) is 10.4 Å². The summed E-state index contributed by atoms with van der Waals surface area (Å²) >= 11 is 0. The fourth-order valence-corrected chi connectivity index (χ4v) is 4.77. The molecule has 11 nitrogen and oxygen atoms in total. The van der Waals surface area contributed by atoms with E-state index < -0.39 is 43.2 Å². The highest BCUT2D eigenvalue weighted by molar-refractivity contribution is 6.31. The van der Waals surface area contributed by atoms with Crippen LogP contribution < -0.4 is 19.3 Å². The topological polar surface area (TPSA) is 147 Å². The van der Waals surface area contributed by atoms with Gasteiger partial charge in [-0.1, -0.05) is 12.1 Å². The third kappa shape index (κ3) is 2.83. The van der Waals surface area contributed by atoms with Crippen molar-refractivity contribution in [2.75, 3.05) is 25.6 Å². The van der Waals surface area contributed by atoms with Crippen molar-refractivity contribution in [2.45, 2.75) is 30.7 Å². The van der Waals surface area contributed by atoms with Crippen molar-refractivity contribution in [1.82, 2.24) is 0 Å². The second-order valence-electron chi connectivity index (χ2n) is 8.26. The SMILES string of the molecule is COc1cccc2c1cc1c3c(cc4c(c32)OCO4)C(=O)N1O[C@@H]1O[C@H](CO)[C@@H](O)[C@H](O)[C@H]1O. The third-order valence-electron chi connectivity index (χ3n) is 6.45. The van der Waals surface area contributed by atoms with Gasteiger partial charge >= 0.3 is 0 Å². The molecule has 0 aliphatic carbocycles. The van der Waals surface area contributed by atoms with Crippen molar-refractivity contribution in [3.63, 3.8) is 0 Å². The Hall–Kier alpha value is -3.19. The summed E-state index contributed by atoms with van der Waals surface area (Å²) in [5, 5.41) is 43.7. The maximum atomic E-state index is 13.5. The number of fused-ring (bicyclic) bond motifs is 4. The number of hydrogen-bond donors (Lipinski definition) is 4. The average Bonchev–Trinajstić information content (AvgIpc) is 3.43. The van der Waals surface area contributed by atoms with Gasteiger partial charge in [0.1, 0.15) is 30.2 Å². The number of rotatable bonds is 4. The Balaban J connectivity index is 1.53. The predicted molar refractivity (Wildman–Crippen MR) is 116 cm³/mol.